The van der Waals surface area contributed by atoms with Gasteiger partial charge in [-0.2, -0.15) is 0 Å². The topological polar surface area (TPSA) is 46.5 Å². The molecule has 0 amide bonds. The molecule has 1 aromatic rings. The number of aliphatic hydroxyl groups is 1. The lowest BCUT2D eigenvalue weighted by molar-refractivity contribution is -0.115. The molecule has 1 N–H and O–H groups in total. The van der Waals surface area contributed by atoms with Crippen molar-refractivity contribution < 1.29 is 14.6 Å². The fourth-order valence-electron chi connectivity index (χ4n) is 2.52. The van der Waals surface area contributed by atoms with Crippen LogP contribution in [0, 0.1) is 5.41 Å². The predicted octanol–water partition coefficient (Wildman–Crippen LogP) is 3.44. The van der Waals surface area contributed by atoms with Crippen LogP contribution < -0.4 is 0 Å². The summed E-state index contributed by atoms with van der Waals surface area (Å²) in [5.41, 5.74) is 2.00. The van der Waals surface area contributed by atoms with E-state index in [4.69, 9.17) is 4.74 Å². The van der Waals surface area contributed by atoms with Gasteiger partial charge in [0.15, 0.2) is 5.78 Å². The number of hydrogen-bond acceptors (Lipinski definition) is 3. The first kappa shape index (κ1) is 16.7. The fourth-order valence-corrected chi connectivity index (χ4v) is 2.52. The Balaban J connectivity index is 1.82. The van der Waals surface area contributed by atoms with Crippen LogP contribution >= 0.6 is 0 Å². The van der Waals surface area contributed by atoms with Crippen molar-refractivity contribution in [2.75, 3.05) is 6.61 Å². The zero-order valence-electron chi connectivity index (χ0n) is 13.3. The lowest BCUT2D eigenvalue weighted by atomic mass is 9.74. The second-order valence-corrected chi connectivity index (χ2v) is 6.14. The molecule has 0 bridgehead atoms. The molecule has 0 aliphatic heterocycles. The lowest BCUT2D eigenvalue weighted by Crippen LogP contribution is -2.23. The number of rotatable bonds is 6. The van der Waals surface area contributed by atoms with Crippen molar-refractivity contribution in [3.63, 3.8) is 0 Å². The highest BCUT2D eigenvalue weighted by Crippen LogP contribution is 2.37. The van der Waals surface area contributed by atoms with Gasteiger partial charge < -0.3 is 9.84 Å². The van der Waals surface area contributed by atoms with E-state index in [1.165, 1.54) is 0 Å². The number of ketones is 1. The SMILES string of the molecule is CC1=CC(=O)CC[C@]1(C)C=C[C@H](O)COCc1ccccc1. The van der Waals surface area contributed by atoms with E-state index in [1.54, 1.807) is 12.2 Å². The Morgan fingerprint density at radius 1 is 1.36 bits per heavy atom. The van der Waals surface area contributed by atoms with Crippen LogP contribution in [-0.2, 0) is 16.1 Å². The van der Waals surface area contributed by atoms with Crippen LogP contribution in [0.25, 0.3) is 0 Å². The van der Waals surface area contributed by atoms with Gasteiger partial charge in [-0.25, -0.2) is 0 Å². The van der Waals surface area contributed by atoms with Gasteiger partial charge in [-0.05, 0) is 25.0 Å². The summed E-state index contributed by atoms with van der Waals surface area (Å²) in [6.07, 6.45) is 6.22. The summed E-state index contributed by atoms with van der Waals surface area (Å²) < 4.78 is 5.53. The van der Waals surface area contributed by atoms with E-state index in [0.29, 0.717) is 13.0 Å². The van der Waals surface area contributed by atoms with Crippen molar-refractivity contribution in [2.24, 2.45) is 5.41 Å². The summed E-state index contributed by atoms with van der Waals surface area (Å²) in [7, 11) is 0. The summed E-state index contributed by atoms with van der Waals surface area (Å²) in [6.45, 7) is 4.83. The zero-order chi connectivity index (χ0) is 16.0. The third kappa shape index (κ3) is 4.65. The van der Waals surface area contributed by atoms with E-state index >= 15 is 0 Å². The predicted molar refractivity (Wildman–Crippen MR) is 87.3 cm³/mol. The Bertz CT molecular complexity index is 559. The van der Waals surface area contributed by atoms with Crippen LogP contribution in [0.4, 0.5) is 0 Å². The molecule has 1 aromatic carbocycles. The number of aliphatic hydroxyl groups excluding tert-OH is 1. The molecule has 1 aliphatic carbocycles. The molecule has 1 aliphatic rings. The van der Waals surface area contributed by atoms with Crippen LogP contribution in [0.5, 0.6) is 0 Å². The minimum Gasteiger partial charge on any atom is -0.387 e. The van der Waals surface area contributed by atoms with Crippen molar-refractivity contribution in [1.29, 1.82) is 0 Å². The number of ether oxygens (including phenoxy) is 1. The monoisotopic (exact) mass is 300 g/mol. The summed E-state index contributed by atoms with van der Waals surface area (Å²) in [4.78, 5) is 11.4. The first-order chi connectivity index (χ1) is 10.5. The largest absolute Gasteiger partial charge is 0.387 e. The molecule has 3 nitrogen and oxygen atoms in total. The maximum absolute atomic E-state index is 11.4. The molecule has 2 rings (SSSR count). The van der Waals surface area contributed by atoms with E-state index in [2.05, 4.69) is 6.92 Å². The Morgan fingerprint density at radius 2 is 2.09 bits per heavy atom. The first-order valence-electron chi connectivity index (χ1n) is 7.70. The standard InChI is InChI=1S/C19H24O3/c1-15-12-17(20)8-10-19(15,2)11-9-18(21)14-22-13-16-6-4-3-5-7-16/h3-7,9,11-12,18,21H,8,10,13-14H2,1-2H3/t18-,19+/m0/s1. The Kier molecular flexibility index (Phi) is 5.69. The summed E-state index contributed by atoms with van der Waals surface area (Å²) >= 11 is 0. The highest BCUT2D eigenvalue weighted by molar-refractivity contribution is 5.91. The molecular weight excluding hydrogens is 276 g/mol. The lowest BCUT2D eigenvalue weighted by Gasteiger charge is -2.30. The smallest absolute Gasteiger partial charge is 0.155 e. The highest BCUT2D eigenvalue weighted by atomic mass is 16.5. The number of carbonyl (C=O) groups is 1. The molecule has 0 aromatic heterocycles. The Hall–Kier alpha value is -1.71. The molecule has 118 valence electrons. The second-order valence-electron chi connectivity index (χ2n) is 6.14. The Morgan fingerprint density at radius 3 is 2.77 bits per heavy atom. The number of allylic oxidation sites excluding steroid dienone is 3. The van der Waals surface area contributed by atoms with E-state index in [1.807, 2.05) is 43.3 Å². The second kappa shape index (κ2) is 7.52. The van der Waals surface area contributed by atoms with Crippen molar-refractivity contribution >= 4 is 5.78 Å². The van der Waals surface area contributed by atoms with Crippen LogP contribution in [-0.4, -0.2) is 23.6 Å². The molecule has 0 fully saturated rings. The van der Waals surface area contributed by atoms with Gasteiger partial charge in [-0.3, -0.25) is 4.79 Å². The van der Waals surface area contributed by atoms with Gasteiger partial charge in [0.25, 0.3) is 0 Å². The van der Waals surface area contributed by atoms with Crippen LogP contribution in [0.3, 0.4) is 0 Å². The van der Waals surface area contributed by atoms with Crippen LogP contribution in [0.2, 0.25) is 0 Å². The average Bonchev–Trinajstić information content (AvgIpc) is 2.51. The molecule has 0 heterocycles. The minimum absolute atomic E-state index is 0.145. The van der Waals surface area contributed by atoms with Crippen molar-refractivity contribution in [3.05, 3.63) is 59.7 Å². The third-order valence-electron chi connectivity index (χ3n) is 4.26. The number of hydrogen-bond donors (Lipinski definition) is 1. The van der Waals surface area contributed by atoms with Gasteiger partial charge >= 0.3 is 0 Å². The summed E-state index contributed by atoms with van der Waals surface area (Å²) in [5, 5.41) is 10.0. The summed E-state index contributed by atoms with van der Waals surface area (Å²) in [6, 6.07) is 9.89. The number of benzene rings is 1. The van der Waals surface area contributed by atoms with Crippen LogP contribution in [0.15, 0.2) is 54.1 Å². The van der Waals surface area contributed by atoms with Crippen molar-refractivity contribution in [1.82, 2.24) is 0 Å². The summed E-state index contributed by atoms with van der Waals surface area (Å²) in [5.74, 6) is 0.190. The zero-order valence-corrected chi connectivity index (χ0v) is 13.3. The molecule has 0 saturated carbocycles. The highest BCUT2D eigenvalue weighted by Gasteiger charge is 2.28. The van der Waals surface area contributed by atoms with E-state index in [-0.39, 0.29) is 17.8 Å². The molecule has 3 heteroatoms. The van der Waals surface area contributed by atoms with Gasteiger partial charge in [0, 0.05) is 11.8 Å². The van der Waals surface area contributed by atoms with E-state index in [0.717, 1.165) is 17.6 Å². The molecule has 0 spiro atoms. The molecular formula is C19H24O3. The number of carbonyl (C=O) groups excluding carboxylic acids is 1. The molecule has 2 atom stereocenters. The quantitative estimate of drug-likeness (QED) is 0.819. The third-order valence-corrected chi connectivity index (χ3v) is 4.26. The van der Waals surface area contributed by atoms with Crippen LogP contribution in [0.1, 0.15) is 32.3 Å². The minimum atomic E-state index is -0.633. The molecule has 0 saturated heterocycles. The van der Waals surface area contributed by atoms with Gasteiger partial charge in [0.2, 0.25) is 0 Å². The van der Waals surface area contributed by atoms with Crippen molar-refractivity contribution in [3.8, 4) is 0 Å². The normalized spacial score (nSPS) is 23.6. The average molecular weight is 300 g/mol. The van der Waals surface area contributed by atoms with E-state index in [9.17, 15) is 9.90 Å². The maximum atomic E-state index is 11.4. The fraction of sp³-hybridized carbons (Fsp3) is 0.421. The first-order valence-corrected chi connectivity index (χ1v) is 7.70. The molecule has 0 unspecified atom stereocenters. The molecule has 0 radical (unpaired) electrons. The van der Waals surface area contributed by atoms with E-state index < -0.39 is 6.10 Å². The van der Waals surface area contributed by atoms with Gasteiger partial charge in [-0.1, -0.05) is 55.0 Å². The maximum Gasteiger partial charge on any atom is 0.155 e. The Labute approximate surface area is 132 Å². The van der Waals surface area contributed by atoms with Gasteiger partial charge in [0.1, 0.15) is 0 Å². The van der Waals surface area contributed by atoms with Crippen molar-refractivity contribution in [2.45, 2.75) is 39.4 Å². The van der Waals surface area contributed by atoms with Gasteiger partial charge in [-0.15, -0.1) is 0 Å². The molecule has 22 heavy (non-hydrogen) atoms. The van der Waals surface area contributed by atoms with Gasteiger partial charge in [0.05, 0.1) is 19.3 Å².